The van der Waals surface area contributed by atoms with Gasteiger partial charge in [0.1, 0.15) is 5.82 Å². The van der Waals surface area contributed by atoms with Crippen LogP contribution in [0.4, 0.5) is 4.39 Å². The summed E-state index contributed by atoms with van der Waals surface area (Å²) in [6.45, 7) is 3.92. The number of benzene rings is 2. The molecule has 0 atom stereocenters. The number of amides is 1. The molecule has 3 aromatic rings. The quantitative estimate of drug-likeness (QED) is 0.319. The molecule has 7 heteroatoms. The number of thioether (sulfide) groups is 1. The van der Waals surface area contributed by atoms with E-state index >= 15 is 0 Å². The highest BCUT2D eigenvalue weighted by atomic mass is 32.2. The lowest BCUT2D eigenvalue weighted by Gasteiger charge is -2.30. The van der Waals surface area contributed by atoms with Crippen LogP contribution in [0.2, 0.25) is 0 Å². The minimum absolute atomic E-state index is 0.196. The Morgan fingerprint density at radius 1 is 1.16 bits per heavy atom. The molecule has 2 aromatic carbocycles. The zero-order valence-corrected chi connectivity index (χ0v) is 18.4. The molecule has 1 aliphatic heterocycles. The van der Waals surface area contributed by atoms with Crippen LogP contribution in [0.5, 0.6) is 0 Å². The Hall–Kier alpha value is -2.67. The SMILES string of the molecule is CC1CCN(C(=O)CCCSc2nc3ccccc3c(=O)n2-c2cccc(F)c2)CC1. The van der Waals surface area contributed by atoms with E-state index in [1.807, 2.05) is 11.0 Å². The minimum atomic E-state index is -0.407. The van der Waals surface area contributed by atoms with Crippen molar-refractivity contribution in [3.8, 4) is 5.69 Å². The van der Waals surface area contributed by atoms with Gasteiger partial charge in [-0.25, -0.2) is 9.37 Å². The molecule has 31 heavy (non-hydrogen) atoms. The molecule has 4 rings (SSSR count). The molecule has 0 saturated carbocycles. The molecule has 5 nitrogen and oxygen atoms in total. The average molecular weight is 440 g/mol. The number of carbonyl (C=O) groups excluding carboxylic acids is 1. The summed E-state index contributed by atoms with van der Waals surface area (Å²) in [6, 6.07) is 13.1. The summed E-state index contributed by atoms with van der Waals surface area (Å²) in [7, 11) is 0. The van der Waals surface area contributed by atoms with Crippen molar-refractivity contribution in [3.63, 3.8) is 0 Å². The summed E-state index contributed by atoms with van der Waals surface area (Å²) in [5, 5.41) is 0.999. The fourth-order valence-electron chi connectivity index (χ4n) is 3.86. The summed E-state index contributed by atoms with van der Waals surface area (Å²) in [5.41, 5.74) is 0.836. The van der Waals surface area contributed by atoms with Crippen LogP contribution >= 0.6 is 11.8 Å². The Kier molecular flexibility index (Phi) is 6.70. The Labute approximate surface area is 185 Å². The highest BCUT2D eigenvalue weighted by Crippen LogP contribution is 2.23. The first-order chi connectivity index (χ1) is 15.0. The molecule has 0 spiro atoms. The number of likely N-dealkylation sites (tertiary alicyclic amines) is 1. The second kappa shape index (κ2) is 9.64. The van der Waals surface area contributed by atoms with Gasteiger partial charge < -0.3 is 4.90 Å². The first kappa shape index (κ1) is 21.6. The van der Waals surface area contributed by atoms with Crippen LogP contribution in [0.15, 0.2) is 58.5 Å². The summed E-state index contributed by atoms with van der Waals surface area (Å²) < 4.78 is 15.3. The number of rotatable bonds is 6. The number of piperidine rings is 1. The molecule has 0 radical (unpaired) electrons. The van der Waals surface area contributed by atoms with E-state index in [1.165, 1.54) is 28.5 Å². The van der Waals surface area contributed by atoms with E-state index in [0.29, 0.717) is 46.3 Å². The highest BCUT2D eigenvalue weighted by Gasteiger charge is 2.20. The average Bonchev–Trinajstić information content (AvgIpc) is 2.77. The molecule has 1 saturated heterocycles. The van der Waals surface area contributed by atoms with Crippen molar-refractivity contribution in [3.05, 3.63) is 64.7 Å². The number of carbonyl (C=O) groups is 1. The number of hydrogen-bond acceptors (Lipinski definition) is 4. The highest BCUT2D eigenvalue weighted by molar-refractivity contribution is 7.99. The van der Waals surface area contributed by atoms with E-state index < -0.39 is 5.82 Å². The first-order valence-electron chi connectivity index (χ1n) is 10.7. The molecule has 0 bridgehead atoms. The van der Waals surface area contributed by atoms with Gasteiger partial charge in [-0.2, -0.15) is 0 Å². The predicted octanol–water partition coefficient (Wildman–Crippen LogP) is 4.66. The van der Waals surface area contributed by atoms with Gasteiger partial charge in [-0.15, -0.1) is 0 Å². The van der Waals surface area contributed by atoms with Crippen LogP contribution in [0.25, 0.3) is 16.6 Å². The molecule has 0 unspecified atom stereocenters. The minimum Gasteiger partial charge on any atom is -0.343 e. The molecule has 1 aliphatic rings. The van der Waals surface area contributed by atoms with Gasteiger partial charge in [0.05, 0.1) is 16.6 Å². The Balaban J connectivity index is 1.51. The van der Waals surface area contributed by atoms with Crippen LogP contribution < -0.4 is 5.56 Å². The Bertz CT molecular complexity index is 1140. The van der Waals surface area contributed by atoms with E-state index in [0.717, 1.165) is 25.9 Å². The number of para-hydroxylation sites is 1. The van der Waals surface area contributed by atoms with Crippen molar-refractivity contribution in [2.24, 2.45) is 5.92 Å². The van der Waals surface area contributed by atoms with Crippen LogP contribution in [0, 0.1) is 11.7 Å². The third-order valence-corrected chi connectivity index (χ3v) is 6.74. The summed E-state index contributed by atoms with van der Waals surface area (Å²) >= 11 is 1.42. The molecular formula is C24H26FN3O2S. The molecule has 2 heterocycles. The smallest absolute Gasteiger partial charge is 0.266 e. The fraction of sp³-hybridized carbons (Fsp3) is 0.375. The summed E-state index contributed by atoms with van der Waals surface area (Å²) in [4.78, 5) is 32.3. The van der Waals surface area contributed by atoms with Crippen LogP contribution in [0.3, 0.4) is 0 Å². The van der Waals surface area contributed by atoms with Crippen molar-refractivity contribution in [1.82, 2.24) is 14.5 Å². The lowest BCUT2D eigenvalue weighted by atomic mass is 9.99. The first-order valence-corrected chi connectivity index (χ1v) is 11.7. The number of hydrogen-bond donors (Lipinski definition) is 0. The maximum Gasteiger partial charge on any atom is 0.266 e. The lowest BCUT2D eigenvalue weighted by molar-refractivity contribution is -0.132. The van der Waals surface area contributed by atoms with Crippen molar-refractivity contribution < 1.29 is 9.18 Å². The maximum atomic E-state index is 13.8. The molecule has 0 N–H and O–H groups in total. The predicted molar refractivity (Wildman–Crippen MR) is 122 cm³/mol. The second-order valence-corrected chi connectivity index (χ2v) is 9.11. The summed E-state index contributed by atoms with van der Waals surface area (Å²) in [6.07, 6.45) is 3.32. The van der Waals surface area contributed by atoms with Gasteiger partial charge in [-0.3, -0.25) is 14.2 Å². The van der Waals surface area contributed by atoms with Crippen LogP contribution in [0.1, 0.15) is 32.6 Å². The van der Waals surface area contributed by atoms with Gasteiger partial charge in [-0.1, -0.05) is 36.9 Å². The fourth-order valence-corrected chi connectivity index (χ4v) is 4.81. The van der Waals surface area contributed by atoms with Gasteiger partial charge in [0, 0.05) is 25.3 Å². The van der Waals surface area contributed by atoms with Gasteiger partial charge >= 0.3 is 0 Å². The monoisotopic (exact) mass is 439 g/mol. The van der Waals surface area contributed by atoms with Gasteiger partial charge in [0.25, 0.3) is 5.56 Å². The van der Waals surface area contributed by atoms with E-state index in [4.69, 9.17) is 0 Å². The normalized spacial score (nSPS) is 14.8. The standard InChI is InChI=1S/C24H26FN3O2S/c1-17-11-13-27(14-12-17)22(29)10-5-15-31-24-26-21-9-3-2-8-20(21)23(30)28(24)19-7-4-6-18(25)16-19/h2-4,6-9,16-17H,5,10-15H2,1H3. The Morgan fingerprint density at radius 3 is 2.71 bits per heavy atom. The molecule has 0 aliphatic carbocycles. The zero-order chi connectivity index (χ0) is 21.8. The van der Waals surface area contributed by atoms with Crippen LogP contribution in [-0.2, 0) is 4.79 Å². The van der Waals surface area contributed by atoms with Gasteiger partial charge in [0.2, 0.25) is 5.91 Å². The summed E-state index contributed by atoms with van der Waals surface area (Å²) in [5.74, 6) is 1.13. The Morgan fingerprint density at radius 2 is 1.94 bits per heavy atom. The molecule has 162 valence electrons. The lowest BCUT2D eigenvalue weighted by Crippen LogP contribution is -2.37. The largest absolute Gasteiger partial charge is 0.343 e. The molecular weight excluding hydrogens is 413 g/mol. The van der Waals surface area contributed by atoms with Gasteiger partial charge in [0.15, 0.2) is 5.16 Å². The number of aromatic nitrogens is 2. The van der Waals surface area contributed by atoms with Crippen molar-refractivity contribution in [2.45, 2.75) is 37.8 Å². The van der Waals surface area contributed by atoms with E-state index in [2.05, 4.69) is 11.9 Å². The molecule has 1 aromatic heterocycles. The van der Waals surface area contributed by atoms with E-state index in [1.54, 1.807) is 30.3 Å². The topological polar surface area (TPSA) is 55.2 Å². The van der Waals surface area contributed by atoms with Crippen molar-refractivity contribution in [1.29, 1.82) is 0 Å². The second-order valence-electron chi connectivity index (χ2n) is 8.05. The zero-order valence-electron chi connectivity index (χ0n) is 17.6. The molecule has 1 fully saturated rings. The number of halogens is 1. The van der Waals surface area contributed by atoms with Crippen molar-refractivity contribution in [2.75, 3.05) is 18.8 Å². The molecule has 1 amide bonds. The van der Waals surface area contributed by atoms with E-state index in [9.17, 15) is 14.0 Å². The van der Waals surface area contributed by atoms with E-state index in [-0.39, 0.29) is 11.5 Å². The maximum absolute atomic E-state index is 13.8. The third-order valence-electron chi connectivity index (χ3n) is 5.71. The van der Waals surface area contributed by atoms with Crippen molar-refractivity contribution >= 4 is 28.6 Å². The van der Waals surface area contributed by atoms with Crippen LogP contribution in [-0.4, -0.2) is 39.2 Å². The number of fused-ring (bicyclic) bond motifs is 1. The third kappa shape index (κ3) is 4.98. The number of nitrogens with zero attached hydrogens (tertiary/aromatic N) is 3. The van der Waals surface area contributed by atoms with Gasteiger partial charge in [-0.05, 0) is 55.5 Å².